The van der Waals surface area contributed by atoms with E-state index < -0.39 is 0 Å². The average Bonchev–Trinajstić information content (AvgIpc) is 2.59. The molecule has 5 nitrogen and oxygen atoms in total. The lowest BCUT2D eigenvalue weighted by molar-refractivity contribution is 1.19. The lowest BCUT2D eigenvalue weighted by Crippen LogP contribution is -1.92. The van der Waals surface area contributed by atoms with Crippen LogP contribution in [0.4, 0.5) is 11.6 Å². The predicted octanol–water partition coefficient (Wildman–Crippen LogP) is 1.07. The number of aromatic nitrogens is 4. The third-order valence-corrected chi connectivity index (χ3v) is 1.66. The summed E-state index contributed by atoms with van der Waals surface area (Å²) in [6.07, 6.45) is 6.49. The minimum Gasteiger partial charge on any atom is -0.321 e. The Morgan fingerprint density at radius 1 is 1.17 bits per heavy atom. The molecule has 2 rings (SSSR count). The molecule has 0 spiro atoms. The van der Waals surface area contributed by atoms with Gasteiger partial charge in [0.1, 0.15) is 5.82 Å². The van der Waals surface area contributed by atoms with Gasteiger partial charge in [-0.3, -0.25) is 4.98 Å². The van der Waals surface area contributed by atoms with Crippen molar-refractivity contribution in [3.05, 3.63) is 24.8 Å². The Morgan fingerprint density at radius 2 is 2.17 bits per heavy atom. The van der Waals surface area contributed by atoms with E-state index in [9.17, 15) is 0 Å². The fourth-order valence-corrected chi connectivity index (χ4v) is 1.09. The number of rotatable bonds is 2. The minimum absolute atomic E-state index is 0.671. The van der Waals surface area contributed by atoms with Crippen molar-refractivity contribution >= 4 is 23.4 Å². The highest BCUT2D eigenvalue weighted by atomic mass is 32.1. The van der Waals surface area contributed by atoms with Crippen LogP contribution >= 0.6 is 11.7 Å². The standard InChI is InChI=1S/C6H5N5S/c1-2-8-5(3-7-1)10-6-4-9-12-11-6/h1-4H,(H,8,10,11). The molecule has 2 heterocycles. The molecule has 0 bridgehead atoms. The zero-order valence-corrected chi connectivity index (χ0v) is 6.82. The lowest BCUT2D eigenvalue weighted by atomic mass is 10.6. The number of anilines is 2. The molecule has 0 amide bonds. The number of nitrogens with one attached hydrogen (secondary N) is 1. The molecule has 2 aromatic rings. The van der Waals surface area contributed by atoms with Crippen LogP contribution in [0.15, 0.2) is 24.8 Å². The Morgan fingerprint density at radius 3 is 2.83 bits per heavy atom. The Labute approximate surface area is 72.8 Å². The van der Waals surface area contributed by atoms with Gasteiger partial charge in [0, 0.05) is 12.4 Å². The fraction of sp³-hybridized carbons (Fsp3) is 0. The van der Waals surface area contributed by atoms with E-state index in [2.05, 4.69) is 24.0 Å². The normalized spacial score (nSPS) is 9.67. The molecule has 0 fully saturated rings. The number of nitrogens with zero attached hydrogens (tertiary/aromatic N) is 4. The van der Waals surface area contributed by atoms with Crippen LogP contribution in [0.1, 0.15) is 0 Å². The highest BCUT2D eigenvalue weighted by Crippen LogP contribution is 2.08. The molecule has 0 aliphatic heterocycles. The summed E-state index contributed by atoms with van der Waals surface area (Å²) >= 11 is 1.15. The molecule has 12 heavy (non-hydrogen) atoms. The summed E-state index contributed by atoms with van der Waals surface area (Å²) in [5.41, 5.74) is 0. The van der Waals surface area contributed by atoms with Gasteiger partial charge in [0.2, 0.25) is 0 Å². The number of hydrogen-bond acceptors (Lipinski definition) is 6. The molecular weight excluding hydrogens is 174 g/mol. The molecule has 6 heteroatoms. The van der Waals surface area contributed by atoms with Crippen LogP contribution in [-0.2, 0) is 0 Å². The van der Waals surface area contributed by atoms with Crippen LogP contribution in [0.25, 0.3) is 0 Å². The first-order chi connectivity index (χ1) is 5.95. The van der Waals surface area contributed by atoms with Gasteiger partial charge in [0.05, 0.1) is 24.1 Å². The summed E-state index contributed by atoms with van der Waals surface area (Å²) < 4.78 is 7.80. The van der Waals surface area contributed by atoms with Crippen molar-refractivity contribution in [2.75, 3.05) is 5.32 Å². The monoisotopic (exact) mass is 179 g/mol. The zero-order valence-electron chi connectivity index (χ0n) is 6.01. The van der Waals surface area contributed by atoms with Crippen LogP contribution < -0.4 is 5.32 Å². The van der Waals surface area contributed by atoms with Crippen LogP contribution in [0, 0.1) is 0 Å². The van der Waals surface area contributed by atoms with E-state index in [0.29, 0.717) is 11.6 Å². The maximum Gasteiger partial charge on any atom is 0.165 e. The van der Waals surface area contributed by atoms with Crippen LogP contribution in [0.3, 0.4) is 0 Å². The molecule has 0 aromatic carbocycles. The molecular formula is C6H5N5S. The molecule has 0 radical (unpaired) electrons. The second-order valence-electron chi connectivity index (χ2n) is 2.01. The molecule has 2 aromatic heterocycles. The van der Waals surface area contributed by atoms with Gasteiger partial charge in [-0.15, -0.1) is 0 Å². The second-order valence-corrected chi connectivity index (χ2v) is 2.57. The first kappa shape index (κ1) is 7.11. The molecule has 60 valence electrons. The largest absolute Gasteiger partial charge is 0.321 e. The van der Waals surface area contributed by atoms with Gasteiger partial charge in [0.25, 0.3) is 0 Å². The van der Waals surface area contributed by atoms with Crippen molar-refractivity contribution in [1.82, 2.24) is 18.7 Å². The van der Waals surface area contributed by atoms with E-state index >= 15 is 0 Å². The van der Waals surface area contributed by atoms with Crippen LogP contribution in [-0.4, -0.2) is 18.7 Å². The van der Waals surface area contributed by atoms with Gasteiger partial charge in [-0.25, -0.2) is 4.98 Å². The summed E-state index contributed by atoms with van der Waals surface area (Å²) in [4.78, 5) is 7.91. The van der Waals surface area contributed by atoms with Crippen molar-refractivity contribution in [3.8, 4) is 0 Å². The summed E-state index contributed by atoms with van der Waals surface area (Å²) in [7, 11) is 0. The third-order valence-electron chi connectivity index (χ3n) is 1.18. The summed E-state index contributed by atoms with van der Waals surface area (Å²) in [5, 5.41) is 2.95. The van der Waals surface area contributed by atoms with Gasteiger partial charge in [-0.2, -0.15) is 8.75 Å². The fourth-order valence-electron chi connectivity index (χ4n) is 0.715. The first-order valence-corrected chi connectivity index (χ1v) is 3.99. The van der Waals surface area contributed by atoms with E-state index in [1.165, 1.54) is 0 Å². The molecule has 0 aliphatic rings. The summed E-state index contributed by atoms with van der Waals surface area (Å²) in [5.74, 6) is 1.37. The highest BCUT2D eigenvalue weighted by Gasteiger charge is 1.96. The van der Waals surface area contributed by atoms with Crippen molar-refractivity contribution in [2.45, 2.75) is 0 Å². The van der Waals surface area contributed by atoms with Crippen molar-refractivity contribution in [3.63, 3.8) is 0 Å². The van der Waals surface area contributed by atoms with Gasteiger partial charge >= 0.3 is 0 Å². The Balaban J connectivity index is 2.15. The molecule has 0 saturated heterocycles. The maximum absolute atomic E-state index is 4.02. The average molecular weight is 179 g/mol. The predicted molar refractivity (Wildman–Crippen MR) is 45.2 cm³/mol. The quantitative estimate of drug-likeness (QED) is 0.747. The van der Waals surface area contributed by atoms with E-state index in [1.807, 2.05) is 0 Å². The Hall–Kier alpha value is -1.56. The summed E-state index contributed by atoms with van der Waals surface area (Å²) in [6, 6.07) is 0. The molecule has 0 atom stereocenters. The van der Waals surface area contributed by atoms with Gasteiger partial charge in [-0.1, -0.05) is 0 Å². The molecule has 1 N–H and O–H groups in total. The minimum atomic E-state index is 0.671. The first-order valence-electron chi connectivity index (χ1n) is 3.26. The van der Waals surface area contributed by atoms with Gasteiger partial charge in [-0.05, 0) is 0 Å². The zero-order chi connectivity index (χ0) is 8.23. The SMILES string of the molecule is c1cnc(Nc2cnsn2)cn1. The topological polar surface area (TPSA) is 63.6 Å². The summed E-state index contributed by atoms with van der Waals surface area (Å²) in [6.45, 7) is 0. The smallest absolute Gasteiger partial charge is 0.165 e. The lowest BCUT2D eigenvalue weighted by Gasteiger charge is -1.97. The van der Waals surface area contributed by atoms with Gasteiger partial charge < -0.3 is 5.32 Å². The highest BCUT2D eigenvalue weighted by molar-refractivity contribution is 6.99. The van der Waals surface area contributed by atoms with Gasteiger partial charge in [0.15, 0.2) is 5.82 Å². The van der Waals surface area contributed by atoms with Crippen LogP contribution in [0.5, 0.6) is 0 Å². The second kappa shape index (κ2) is 3.22. The molecule has 0 aliphatic carbocycles. The third kappa shape index (κ3) is 1.54. The van der Waals surface area contributed by atoms with E-state index in [4.69, 9.17) is 0 Å². The van der Waals surface area contributed by atoms with E-state index in [-0.39, 0.29) is 0 Å². The van der Waals surface area contributed by atoms with E-state index in [0.717, 1.165) is 11.7 Å². The number of hydrogen-bond donors (Lipinski definition) is 1. The van der Waals surface area contributed by atoms with Crippen LogP contribution in [0.2, 0.25) is 0 Å². The van der Waals surface area contributed by atoms with Crippen molar-refractivity contribution in [2.24, 2.45) is 0 Å². The maximum atomic E-state index is 4.02. The Kier molecular flexibility index (Phi) is 1.91. The van der Waals surface area contributed by atoms with E-state index in [1.54, 1.807) is 24.8 Å². The molecule has 0 saturated carbocycles. The Bertz CT molecular complexity index is 332. The molecule has 0 unspecified atom stereocenters. The van der Waals surface area contributed by atoms with Crippen molar-refractivity contribution < 1.29 is 0 Å². The van der Waals surface area contributed by atoms with Crippen molar-refractivity contribution in [1.29, 1.82) is 0 Å².